The van der Waals surface area contributed by atoms with E-state index >= 15 is 0 Å². The summed E-state index contributed by atoms with van der Waals surface area (Å²) in [4.78, 5) is 4.65. The maximum absolute atomic E-state index is 5.49. The zero-order valence-electron chi connectivity index (χ0n) is 8.87. The molecule has 1 aromatic heterocycles. The van der Waals surface area contributed by atoms with Crippen molar-refractivity contribution in [3.8, 4) is 0 Å². The van der Waals surface area contributed by atoms with Gasteiger partial charge in [-0.05, 0) is 39.2 Å². The first-order valence-corrected chi connectivity index (χ1v) is 5.58. The molecule has 3 heteroatoms. The normalized spacial score (nSPS) is 20.9. The van der Waals surface area contributed by atoms with E-state index in [1.807, 2.05) is 0 Å². The molecule has 1 aliphatic rings. The van der Waals surface area contributed by atoms with Crippen LogP contribution in [0, 0.1) is 0 Å². The van der Waals surface area contributed by atoms with Crippen LogP contribution in [0.1, 0.15) is 43.7 Å². The molecule has 1 aliphatic heterocycles. The van der Waals surface area contributed by atoms with Crippen LogP contribution in [-0.2, 0) is 12.8 Å². The predicted octanol–water partition coefficient (Wildman–Crippen LogP) is 1.67. The summed E-state index contributed by atoms with van der Waals surface area (Å²) in [6.07, 6.45) is 8.02. The lowest BCUT2D eigenvalue weighted by atomic mass is 10.1. The molecule has 14 heavy (non-hydrogen) atoms. The summed E-state index contributed by atoms with van der Waals surface area (Å²) in [6, 6.07) is 0.637. The van der Waals surface area contributed by atoms with Crippen LogP contribution in [0.3, 0.4) is 0 Å². The van der Waals surface area contributed by atoms with E-state index in [0.29, 0.717) is 6.04 Å². The first kappa shape index (κ1) is 9.71. The van der Waals surface area contributed by atoms with Crippen molar-refractivity contribution in [3.05, 3.63) is 17.7 Å². The van der Waals surface area contributed by atoms with Crippen LogP contribution in [0.15, 0.2) is 6.20 Å². The lowest BCUT2D eigenvalue weighted by molar-refractivity contribution is 0.425. The van der Waals surface area contributed by atoms with E-state index in [2.05, 4.69) is 22.7 Å². The number of imidazole rings is 1. The highest BCUT2D eigenvalue weighted by molar-refractivity contribution is 5.08. The van der Waals surface area contributed by atoms with Crippen molar-refractivity contribution in [3.63, 3.8) is 0 Å². The molecule has 0 bridgehead atoms. The van der Waals surface area contributed by atoms with Crippen LogP contribution in [0.25, 0.3) is 0 Å². The van der Waals surface area contributed by atoms with Crippen LogP contribution < -0.4 is 5.73 Å². The van der Waals surface area contributed by atoms with Gasteiger partial charge in [-0.2, -0.15) is 0 Å². The monoisotopic (exact) mass is 193 g/mol. The molecule has 0 amide bonds. The molecule has 2 rings (SSSR count). The van der Waals surface area contributed by atoms with Crippen molar-refractivity contribution in [2.45, 2.75) is 45.1 Å². The standard InChI is InChI=1S/C11H19N3/c1-9-4-2-6-11-13-10(5-3-7-12)8-14(9)11/h8-9H,2-7,12H2,1H3. The fraction of sp³-hybridized carbons (Fsp3) is 0.727. The van der Waals surface area contributed by atoms with Gasteiger partial charge in [0, 0.05) is 18.7 Å². The van der Waals surface area contributed by atoms with Crippen LogP contribution in [-0.4, -0.2) is 16.1 Å². The molecule has 2 heterocycles. The summed E-state index contributed by atoms with van der Waals surface area (Å²) in [5, 5.41) is 0. The molecular formula is C11H19N3. The third kappa shape index (κ3) is 1.82. The first-order valence-electron chi connectivity index (χ1n) is 5.58. The average molecular weight is 193 g/mol. The van der Waals surface area contributed by atoms with Gasteiger partial charge in [0.2, 0.25) is 0 Å². The smallest absolute Gasteiger partial charge is 0.109 e. The molecular weight excluding hydrogens is 174 g/mol. The number of hydrogen-bond donors (Lipinski definition) is 1. The maximum Gasteiger partial charge on any atom is 0.109 e. The number of nitrogens with two attached hydrogens (primary N) is 1. The summed E-state index contributed by atoms with van der Waals surface area (Å²) in [6.45, 7) is 3.04. The molecule has 0 saturated heterocycles. The second kappa shape index (κ2) is 4.13. The Kier molecular flexibility index (Phi) is 2.87. The van der Waals surface area contributed by atoms with Gasteiger partial charge in [-0.1, -0.05) is 0 Å². The molecule has 0 aliphatic carbocycles. The number of rotatable bonds is 3. The molecule has 0 spiro atoms. The Labute approximate surface area is 85.3 Å². The third-order valence-electron chi connectivity index (χ3n) is 2.99. The summed E-state index contributed by atoms with van der Waals surface area (Å²) < 4.78 is 2.34. The zero-order chi connectivity index (χ0) is 9.97. The Morgan fingerprint density at radius 2 is 2.50 bits per heavy atom. The van der Waals surface area contributed by atoms with Gasteiger partial charge in [-0.15, -0.1) is 0 Å². The summed E-state index contributed by atoms with van der Waals surface area (Å²) >= 11 is 0. The molecule has 0 fully saturated rings. The number of aromatic nitrogens is 2. The van der Waals surface area contributed by atoms with Crippen LogP contribution in [0.2, 0.25) is 0 Å². The third-order valence-corrected chi connectivity index (χ3v) is 2.99. The fourth-order valence-electron chi connectivity index (χ4n) is 2.15. The number of nitrogens with zero attached hydrogens (tertiary/aromatic N) is 2. The van der Waals surface area contributed by atoms with Gasteiger partial charge in [-0.3, -0.25) is 0 Å². The van der Waals surface area contributed by atoms with E-state index in [1.54, 1.807) is 0 Å². The largest absolute Gasteiger partial charge is 0.332 e. The summed E-state index contributed by atoms with van der Waals surface area (Å²) in [5.74, 6) is 1.27. The van der Waals surface area contributed by atoms with Crippen molar-refractivity contribution in [1.82, 2.24) is 9.55 Å². The van der Waals surface area contributed by atoms with Gasteiger partial charge in [0.05, 0.1) is 5.69 Å². The predicted molar refractivity (Wildman–Crippen MR) is 57.3 cm³/mol. The van der Waals surface area contributed by atoms with Crippen LogP contribution >= 0.6 is 0 Å². The molecule has 78 valence electrons. The fourth-order valence-corrected chi connectivity index (χ4v) is 2.15. The quantitative estimate of drug-likeness (QED) is 0.793. The van der Waals surface area contributed by atoms with E-state index in [4.69, 9.17) is 5.73 Å². The number of fused-ring (bicyclic) bond motifs is 1. The Morgan fingerprint density at radius 3 is 3.21 bits per heavy atom. The Hall–Kier alpha value is -0.830. The number of hydrogen-bond acceptors (Lipinski definition) is 2. The lowest BCUT2D eigenvalue weighted by Gasteiger charge is -2.20. The molecule has 0 radical (unpaired) electrons. The minimum Gasteiger partial charge on any atom is -0.332 e. The molecule has 2 N–H and O–H groups in total. The summed E-state index contributed by atoms with van der Waals surface area (Å²) in [5.41, 5.74) is 6.71. The SMILES string of the molecule is CC1CCCc2nc(CCCN)cn21. The van der Waals surface area contributed by atoms with Gasteiger partial charge >= 0.3 is 0 Å². The van der Waals surface area contributed by atoms with Crippen molar-refractivity contribution in [2.24, 2.45) is 5.73 Å². The van der Waals surface area contributed by atoms with Crippen molar-refractivity contribution < 1.29 is 0 Å². The van der Waals surface area contributed by atoms with Crippen molar-refractivity contribution in [2.75, 3.05) is 6.54 Å². The van der Waals surface area contributed by atoms with Gasteiger partial charge in [0.25, 0.3) is 0 Å². The molecule has 3 nitrogen and oxygen atoms in total. The van der Waals surface area contributed by atoms with E-state index in [9.17, 15) is 0 Å². The topological polar surface area (TPSA) is 43.8 Å². The highest BCUT2D eigenvalue weighted by Crippen LogP contribution is 2.24. The Balaban J connectivity index is 2.13. The van der Waals surface area contributed by atoms with Gasteiger partial charge in [0.15, 0.2) is 0 Å². The molecule has 0 aromatic carbocycles. The minimum absolute atomic E-state index is 0.637. The van der Waals surface area contributed by atoms with E-state index in [-0.39, 0.29) is 0 Å². The van der Waals surface area contributed by atoms with Gasteiger partial charge in [0.1, 0.15) is 5.82 Å². The second-order valence-electron chi connectivity index (χ2n) is 4.19. The Morgan fingerprint density at radius 1 is 1.64 bits per heavy atom. The van der Waals surface area contributed by atoms with E-state index in [1.165, 1.54) is 24.4 Å². The molecule has 1 aromatic rings. The van der Waals surface area contributed by atoms with E-state index < -0.39 is 0 Å². The lowest BCUT2D eigenvalue weighted by Crippen LogP contribution is -2.14. The van der Waals surface area contributed by atoms with Gasteiger partial charge < -0.3 is 10.3 Å². The zero-order valence-corrected chi connectivity index (χ0v) is 8.87. The van der Waals surface area contributed by atoms with Gasteiger partial charge in [-0.25, -0.2) is 4.98 Å². The highest BCUT2D eigenvalue weighted by Gasteiger charge is 2.17. The Bertz CT molecular complexity index is 303. The van der Waals surface area contributed by atoms with Crippen molar-refractivity contribution in [1.29, 1.82) is 0 Å². The maximum atomic E-state index is 5.49. The first-order chi connectivity index (χ1) is 6.81. The average Bonchev–Trinajstić information content (AvgIpc) is 2.59. The van der Waals surface area contributed by atoms with E-state index in [0.717, 1.165) is 25.8 Å². The highest BCUT2D eigenvalue weighted by atomic mass is 15.1. The second-order valence-corrected chi connectivity index (χ2v) is 4.19. The van der Waals surface area contributed by atoms with Crippen molar-refractivity contribution >= 4 is 0 Å². The minimum atomic E-state index is 0.637. The molecule has 0 saturated carbocycles. The van der Waals surface area contributed by atoms with Crippen LogP contribution in [0.4, 0.5) is 0 Å². The molecule has 1 atom stereocenters. The number of aryl methyl sites for hydroxylation is 2. The summed E-state index contributed by atoms with van der Waals surface area (Å²) in [7, 11) is 0. The van der Waals surface area contributed by atoms with Crippen LogP contribution in [0.5, 0.6) is 0 Å². The molecule has 1 unspecified atom stereocenters.